The number of carbonyl (C=O) groups is 1. The van der Waals surface area contributed by atoms with Gasteiger partial charge in [0.05, 0.1) is 17.2 Å². The number of aliphatic imine (C=N–C) groups is 1. The van der Waals surface area contributed by atoms with Crippen molar-refractivity contribution in [1.29, 1.82) is 0 Å². The van der Waals surface area contributed by atoms with E-state index in [1.807, 2.05) is 37.3 Å². The van der Waals surface area contributed by atoms with E-state index in [0.717, 1.165) is 10.4 Å². The zero-order chi connectivity index (χ0) is 16.0. The highest BCUT2D eigenvalue weighted by molar-refractivity contribution is 7.22. The Hall–Kier alpha value is -2.66. The van der Waals surface area contributed by atoms with Crippen LogP contribution < -0.4 is 4.74 Å². The number of hydrogen-bond donors (Lipinski definition) is 1. The first-order chi connectivity index (χ1) is 11.2. The smallest absolute Gasteiger partial charge is 0.215 e. The number of para-hydroxylation sites is 1. The van der Waals surface area contributed by atoms with Crippen LogP contribution in [0.2, 0.25) is 0 Å². The lowest BCUT2D eigenvalue weighted by atomic mass is 10.1. The SMILES string of the molecule is CCOc1ccc2c(O)c(C3=Nc4ccccc4C3=O)sc2c1. The Balaban J connectivity index is 1.84. The van der Waals surface area contributed by atoms with E-state index < -0.39 is 0 Å². The standard InChI is InChI=1S/C18H13NO3S/c1-2-22-10-7-8-12-14(9-10)23-18(17(12)21)15-16(20)11-5-3-4-6-13(11)19-15/h3-9,21H,2H2,1H3. The Morgan fingerprint density at radius 2 is 2.04 bits per heavy atom. The van der Waals surface area contributed by atoms with Crippen molar-refractivity contribution < 1.29 is 14.6 Å². The molecule has 4 rings (SSSR count). The average molecular weight is 323 g/mol. The molecule has 0 amide bonds. The number of Topliss-reactive ketones (excluding diaryl/α,β-unsaturated/α-hetero) is 1. The number of rotatable bonds is 3. The molecule has 23 heavy (non-hydrogen) atoms. The van der Waals surface area contributed by atoms with Gasteiger partial charge in [-0.25, -0.2) is 4.99 Å². The van der Waals surface area contributed by atoms with Crippen LogP contribution >= 0.6 is 11.3 Å². The van der Waals surface area contributed by atoms with Crippen molar-refractivity contribution in [3.8, 4) is 11.5 Å². The normalized spacial score (nSPS) is 13.3. The van der Waals surface area contributed by atoms with Gasteiger partial charge in [0.15, 0.2) is 0 Å². The fourth-order valence-corrected chi connectivity index (χ4v) is 3.81. The summed E-state index contributed by atoms with van der Waals surface area (Å²) in [6, 6.07) is 12.7. The molecule has 0 saturated carbocycles. The Kier molecular flexibility index (Phi) is 3.16. The van der Waals surface area contributed by atoms with Gasteiger partial charge in [-0.3, -0.25) is 4.79 Å². The molecule has 1 N–H and O–H groups in total. The van der Waals surface area contributed by atoms with Crippen LogP contribution in [-0.4, -0.2) is 23.2 Å². The second-order valence-electron chi connectivity index (χ2n) is 5.18. The third-order valence-corrected chi connectivity index (χ3v) is 4.91. The summed E-state index contributed by atoms with van der Waals surface area (Å²) in [7, 11) is 0. The average Bonchev–Trinajstić information content (AvgIpc) is 3.06. The summed E-state index contributed by atoms with van der Waals surface area (Å²) in [6.45, 7) is 2.50. The number of thiophene rings is 1. The van der Waals surface area contributed by atoms with Crippen molar-refractivity contribution in [1.82, 2.24) is 0 Å². The molecular formula is C18H13NO3S. The number of carbonyl (C=O) groups excluding carboxylic acids is 1. The van der Waals surface area contributed by atoms with Gasteiger partial charge in [-0.1, -0.05) is 12.1 Å². The van der Waals surface area contributed by atoms with E-state index in [2.05, 4.69) is 4.99 Å². The van der Waals surface area contributed by atoms with Crippen LogP contribution in [0.15, 0.2) is 47.5 Å². The van der Waals surface area contributed by atoms with Crippen molar-refractivity contribution in [3.63, 3.8) is 0 Å². The summed E-state index contributed by atoms with van der Waals surface area (Å²) >= 11 is 1.35. The molecule has 1 aliphatic heterocycles. The van der Waals surface area contributed by atoms with Gasteiger partial charge in [0.25, 0.3) is 0 Å². The zero-order valence-corrected chi connectivity index (χ0v) is 13.2. The molecule has 3 aromatic rings. The Labute approximate surface area is 136 Å². The summed E-state index contributed by atoms with van der Waals surface area (Å²) < 4.78 is 6.36. The van der Waals surface area contributed by atoms with Gasteiger partial charge >= 0.3 is 0 Å². The molecule has 0 radical (unpaired) electrons. The molecule has 0 unspecified atom stereocenters. The minimum atomic E-state index is -0.146. The maximum absolute atomic E-state index is 12.5. The minimum absolute atomic E-state index is 0.105. The molecule has 4 nitrogen and oxygen atoms in total. The van der Waals surface area contributed by atoms with E-state index in [0.29, 0.717) is 33.8 Å². The number of benzene rings is 2. The van der Waals surface area contributed by atoms with Gasteiger partial charge < -0.3 is 9.84 Å². The molecule has 0 fully saturated rings. The highest BCUT2D eigenvalue weighted by Crippen LogP contribution is 2.41. The van der Waals surface area contributed by atoms with Gasteiger partial charge in [-0.15, -0.1) is 11.3 Å². The van der Waals surface area contributed by atoms with Crippen molar-refractivity contribution in [2.75, 3.05) is 6.61 Å². The second-order valence-corrected chi connectivity index (χ2v) is 6.23. The summed E-state index contributed by atoms with van der Waals surface area (Å²) in [5.41, 5.74) is 1.54. The van der Waals surface area contributed by atoms with E-state index >= 15 is 0 Å². The molecule has 2 heterocycles. The van der Waals surface area contributed by atoms with Crippen molar-refractivity contribution in [3.05, 3.63) is 52.9 Å². The molecule has 0 atom stereocenters. The van der Waals surface area contributed by atoms with Crippen LogP contribution in [0.25, 0.3) is 10.1 Å². The van der Waals surface area contributed by atoms with Crippen LogP contribution in [0.5, 0.6) is 11.5 Å². The van der Waals surface area contributed by atoms with Crippen molar-refractivity contribution >= 4 is 38.6 Å². The topological polar surface area (TPSA) is 58.9 Å². The number of fused-ring (bicyclic) bond motifs is 2. The number of aromatic hydroxyl groups is 1. The first kappa shape index (κ1) is 14.0. The predicted molar refractivity (Wildman–Crippen MR) is 91.6 cm³/mol. The second kappa shape index (κ2) is 5.21. The molecule has 1 aliphatic rings. The molecule has 0 bridgehead atoms. The number of ketones is 1. The van der Waals surface area contributed by atoms with Gasteiger partial charge in [0.2, 0.25) is 5.78 Å². The molecule has 114 valence electrons. The Morgan fingerprint density at radius 3 is 2.83 bits per heavy atom. The molecule has 2 aromatic carbocycles. The molecule has 0 saturated heterocycles. The lowest BCUT2D eigenvalue weighted by Gasteiger charge is -2.01. The van der Waals surface area contributed by atoms with E-state index in [1.54, 1.807) is 12.1 Å². The van der Waals surface area contributed by atoms with E-state index in [9.17, 15) is 9.90 Å². The summed E-state index contributed by atoms with van der Waals surface area (Å²) in [5, 5.41) is 11.2. The van der Waals surface area contributed by atoms with E-state index in [1.165, 1.54) is 11.3 Å². The number of hydrogen-bond acceptors (Lipinski definition) is 5. The quantitative estimate of drug-likeness (QED) is 0.781. The van der Waals surface area contributed by atoms with Crippen LogP contribution in [-0.2, 0) is 0 Å². The van der Waals surface area contributed by atoms with Crippen LogP contribution in [0, 0.1) is 0 Å². The fraction of sp³-hybridized carbons (Fsp3) is 0.111. The highest BCUT2D eigenvalue weighted by atomic mass is 32.1. The first-order valence-corrected chi connectivity index (χ1v) is 8.11. The van der Waals surface area contributed by atoms with Gasteiger partial charge in [0.1, 0.15) is 17.2 Å². The summed E-state index contributed by atoms with van der Waals surface area (Å²) in [6.07, 6.45) is 0. The largest absolute Gasteiger partial charge is 0.506 e. The van der Waals surface area contributed by atoms with Crippen LogP contribution in [0.1, 0.15) is 22.2 Å². The van der Waals surface area contributed by atoms with E-state index in [4.69, 9.17) is 4.74 Å². The molecular weight excluding hydrogens is 310 g/mol. The molecule has 1 aromatic heterocycles. The predicted octanol–water partition coefficient (Wildman–Crippen LogP) is 4.32. The molecule has 5 heteroatoms. The fourth-order valence-electron chi connectivity index (χ4n) is 2.70. The molecule has 0 aliphatic carbocycles. The zero-order valence-electron chi connectivity index (χ0n) is 12.4. The van der Waals surface area contributed by atoms with Crippen molar-refractivity contribution in [2.45, 2.75) is 6.92 Å². The summed E-state index contributed by atoms with van der Waals surface area (Å²) in [4.78, 5) is 17.4. The van der Waals surface area contributed by atoms with Gasteiger partial charge in [0, 0.05) is 15.6 Å². The third-order valence-electron chi connectivity index (χ3n) is 3.76. The van der Waals surface area contributed by atoms with Crippen LogP contribution in [0.4, 0.5) is 5.69 Å². The monoisotopic (exact) mass is 323 g/mol. The minimum Gasteiger partial charge on any atom is -0.506 e. The Bertz CT molecular complexity index is 972. The van der Waals surface area contributed by atoms with E-state index in [-0.39, 0.29) is 11.5 Å². The van der Waals surface area contributed by atoms with Crippen LogP contribution in [0.3, 0.4) is 0 Å². The molecule has 0 spiro atoms. The summed E-state index contributed by atoms with van der Waals surface area (Å²) in [5.74, 6) is 0.705. The first-order valence-electron chi connectivity index (χ1n) is 7.30. The lowest BCUT2D eigenvalue weighted by molar-refractivity contribution is 0.107. The Morgan fingerprint density at radius 1 is 1.22 bits per heavy atom. The van der Waals surface area contributed by atoms with Crippen molar-refractivity contribution in [2.24, 2.45) is 4.99 Å². The van der Waals surface area contributed by atoms with Gasteiger partial charge in [-0.05, 0) is 37.3 Å². The maximum atomic E-state index is 12.5. The maximum Gasteiger partial charge on any atom is 0.215 e. The van der Waals surface area contributed by atoms with Gasteiger partial charge in [-0.2, -0.15) is 0 Å². The lowest BCUT2D eigenvalue weighted by Crippen LogP contribution is -2.09. The number of ether oxygens (including phenoxy) is 1. The highest BCUT2D eigenvalue weighted by Gasteiger charge is 2.29. The number of nitrogens with zero attached hydrogens (tertiary/aromatic N) is 1. The third kappa shape index (κ3) is 2.12.